The molecule has 1 atom stereocenters. The highest BCUT2D eigenvalue weighted by Gasteiger charge is 2.24. The van der Waals surface area contributed by atoms with E-state index in [-0.39, 0.29) is 6.54 Å². The Labute approximate surface area is 103 Å². The van der Waals surface area contributed by atoms with Crippen LogP contribution in [0.25, 0.3) is 0 Å². The molecule has 8 nitrogen and oxygen atoms in total. The maximum absolute atomic E-state index is 11.8. The normalized spacial score (nSPS) is 15.3. The number of hydrogen-bond acceptors (Lipinski definition) is 5. The van der Waals surface area contributed by atoms with Gasteiger partial charge in [0.25, 0.3) is 5.56 Å². The minimum absolute atomic E-state index is 0.232. The number of aromatic nitrogens is 2. The summed E-state index contributed by atoms with van der Waals surface area (Å²) in [6.45, 7) is 2.93. The molecular weight excluding hydrogens is 262 g/mol. The monoisotopic (exact) mass is 277 g/mol. The third kappa shape index (κ3) is 3.52. The molecule has 0 amide bonds. The summed E-state index contributed by atoms with van der Waals surface area (Å²) in [5.74, 6) is 0. The van der Waals surface area contributed by atoms with Crippen LogP contribution in [-0.2, 0) is 10.0 Å². The summed E-state index contributed by atoms with van der Waals surface area (Å²) in [6.07, 6.45) is 1.15. The lowest BCUT2D eigenvalue weighted by atomic mass is 10.1. The Hall–Kier alpha value is -1.45. The highest BCUT2D eigenvalue weighted by molar-refractivity contribution is 7.89. The standard InChI is InChI=1S/C9H15N3O5S/c1-3-9(2,15)5-11-18(16,17)6-4-10-8(14)12-7(6)13/h4,11,15H,3,5H2,1-2H3,(H2,10,12,13,14). The van der Waals surface area contributed by atoms with Crippen LogP contribution in [0.3, 0.4) is 0 Å². The number of aromatic amines is 2. The first-order valence-electron chi connectivity index (χ1n) is 5.22. The van der Waals surface area contributed by atoms with Gasteiger partial charge in [0.05, 0.1) is 5.60 Å². The zero-order valence-electron chi connectivity index (χ0n) is 9.98. The molecule has 0 saturated heterocycles. The number of sulfonamides is 1. The number of rotatable bonds is 5. The van der Waals surface area contributed by atoms with Crippen LogP contribution in [-0.4, -0.2) is 35.6 Å². The van der Waals surface area contributed by atoms with E-state index in [1.807, 2.05) is 4.98 Å². The number of H-pyrrole nitrogens is 2. The molecule has 0 fully saturated rings. The van der Waals surface area contributed by atoms with Crippen LogP contribution in [0.4, 0.5) is 0 Å². The second-order valence-corrected chi connectivity index (χ2v) is 5.85. The molecule has 1 unspecified atom stereocenters. The van der Waals surface area contributed by atoms with E-state index >= 15 is 0 Å². The van der Waals surface area contributed by atoms with Gasteiger partial charge >= 0.3 is 5.69 Å². The molecule has 0 aliphatic rings. The van der Waals surface area contributed by atoms with Gasteiger partial charge in [0.2, 0.25) is 10.0 Å². The molecule has 1 rings (SSSR count). The zero-order valence-corrected chi connectivity index (χ0v) is 10.8. The van der Waals surface area contributed by atoms with Crippen molar-refractivity contribution in [3.05, 3.63) is 27.0 Å². The van der Waals surface area contributed by atoms with E-state index in [4.69, 9.17) is 0 Å². The first-order chi connectivity index (χ1) is 8.18. The topological polar surface area (TPSA) is 132 Å². The van der Waals surface area contributed by atoms with Gasteiger partial charge in [-0.1, -0.05) is 6.92 Å². The number of aliphatic hydroxyl groups is 1. The van der Waals surface area contributed by atoms with E-state index in [0.29, 0.717) is 6.42 Å². The molecule has 1 aromatic heterocycles. The highest BCUT2D eigenvalue weighted by atomic mass is 32.2. The SMILES string of the molecule is CCC(C)(O)CNS(=O)(=O)c1c[nH]c(=O)[nH]c1=O. The Morgan fingerprint density at radius 3 is 2.56 bits per heavy atom. The molecule has 4 N–H and O–H groups in total. The van der Waals surface area contributed by atoms with Gasteiger partial charge in [-0.3, -0.25) is 9.78 Å². The minimum Gasteiger partial charge on any atom is -0.389 e. The predicted molar refractivity (Wildman–Crippen MR) is 63.8 cm³/mol. The Morgan fingerprint density at radius 1 is 1.44 bits per heavy atom. The number of nitrogens with one attached hydrogen (secondary N) is 3. The Bertz CT molecular complexity index is 628. The average Bonchev–Trinajstić information content (AvgIpc) is 2.26. The largest absolute Gasteiger partial charge is 0.389 e. The molecule has 102 valence electrons. The quantitative estimate of drug-likeness (QED) is 0.520. The van der Waals surface area contributed by atoms with Crippen molar-refractivity contribution >= 4 is 10.0 Å². The fourth-order valence-corrected chi connectivity index (χ4v) is 2.22. The van der Waals surface area contributed by atoms with E-state index in [9.17, 15) is 23.1 Å². The average molecular weight is 277 g/mol. The van der Waals surface area contributed by atoms with E-state index in [1.54, 1.807) is 6.92 Å². The van der Waals surface area contributed by atoms with Crippen LogP contribution in [0.15, 0.2) is 20.7 Å². The molecule has 9 heteroatoms. The van der Waals surface area contributed by atoms with Gasteiger partial charge < -0.3 is 10.1 Å². The summed E-state index contributed by atoms with van der Waals surface area (Å²) >= 11 is 0. The molecule has 0 aromatic carbocycles. The van der Waals surface area contributed by atoms with Crippen LogP contribution in [0.1, 0.15) is 20.3 Å². The van der Waals surface area contributed by atoms with E-state index in [1.165, 1.54) is 6.92 Å². The molecule has 0 saturated carbocycles. The van der Waals surface area contributed by atoms with Crippen molar-refractivity contribution in [3.63, 3.8) is 0 Å². The molecule has 18 heavy (non-hydrogen) atoms. The molecule has 0 aliphatic carbocycles. The predicted octanol–water partition coefficient (Wildman–Crippen LogP) is -1.50. The van der Waals surface area contributed by atoms with Gasteiger partial charge in [-0.2, -0.15) is 0 Å². The van der Waals surface area contributed by atoms with Gasteiger partial charge in [-0.05, 0) is 13.3 Å². The van der Waals surface area contributed by atoms with Gasteiger partial charge in [-0.25, -0.2) is 17.9 Å². The summed E-state index contributed by atoms with van der Waals surface area (Å²) in [6, 6.07) is 0. The van der Waals surface area contributed by atoms with Crippen LogP contribution in [0.5, 0.6) is 0 Å². The summed E-state index contributed by atoms with van der Waals surface area (Å²) in [5.41, 5.74) is -3.01. The Kier molecular flexibility index (Phi) is 4.09. The van der Waals surface area contributed by atoms with E-state index in [0.717, 1.165) is 6.20 Å². The highest BCUT2D eigenvalue weighted by Crippen LogP contribution is 2.08. The zero-order chi connectivity index (χ0) is 14.0. The fraction of sp³-hybridized carbons (Fsp3) is 0.556. The van der Waals surface area contributed by atoms with Crippen LogP contribution >= 0.6 is 0 Å². The molecule has 0 bridgehead atoms. The van der Waals surface area contributed by atoms with Gasteiger partial charge in [0.1, 0.15) is 0 Å². The van der Waals surface area contributed by atoms with Crippen molar-refractivity contribution < 1.29 is 13.5 Å². The summed E-state index contributed by atoms with van der Waals surface area (Å²) in [5, 5.41) is 9.68. The van der Waals surface area contributed by atoms with Gasteiger partial charge in [0, 0.05) is 12.7 Å². The van der Waals surface area contributed by atoms with Crippen molar-refractivity contribution in [2.24, 2.45) is 0 Å². The van der Waals surface area contributed by atoms with Crippen LogP contribution in [0.2, 0.25) is 0 Å². The lowest BCUT2D eigenvalue weighted by molar-refractivity contribution is 0.0613. The van der Waals surface area contributed by atoms with Crippen molar-refractivity contribution in [2.45, 2.75) is 30.8 Å². The summed E-state index contributed by atoms with van der Waals surface area (Å²) < 4.78 is 25.6. The van der Waals surface area contributed by atoms with E-state index in [2.05, 4.69) is 9.71 Å². The van der Waals surface area contributed by atoms with Crippen molar-refractivity contribution in [2.75, 3.05) is 6.54 Å². The summed E-state index contributed by atoms with van der Waals surface area (Å²) in [7, 11) is -4.07. The second-order valence-electron chi connectivity index (χ2n) is 4.11. The lowest BCUT2D eigenvalue weighted by Crippen LogP contribution is -2.42. The van der Waals surface area contributed by atoms with Crippen molar-refractivity contribution in [1.29, 1.82) is 0 Å². The maximum atomic E-state index is 11.8. The van der Waals surface area contributed by atoms with Crippen molar-refractivity contribution in [1.82, 2.24) is 14.7 Å². The van der Waals surface area contributed by atoms with Gasteiger partial charge in [0.15, 0.2) is 4.90 Å². The fourth-order valence-electron chi connectivity index (χ4n) is 1.05. The molecule has 0 radical (unpaired) electrons. The van der Waals surface area contributed by atoms with Crippen LogP contribution < -0.4 is 16.0 Å². The minimum atomic E-state index is -4.07. The molecule has 1 aromatic rings. The third-order valence-corrected chi connectivity index (χ3v) is 3.89. The van der Waals surface area contributed by atoms with Crippen LogP contribution in [0, 0.1) is 0 Å². The first kappa shape index (κ1) is 14.6. The summed E-state index contributed by atoms with van der Waals surface area (Å²) in [4.78, 5) is 25.4. The number of hydrogen-bond donors (Lipinski definition) is 4. The first-order valence-corrected chi connectivity index (χ1v) is 6.70. The molecular formula is C9H15N3O5S. The van der Waals surface area contributed by atoms with E-state index < -0.39 is 31.8 Å². The third-order valence-electron chi connectivity index (χ3n) is 2.48. The van der Waals surface area contributed by atoms with Gasteiger partial charge in [-0.15, -0.1) is 0 Å². The molecule has 0 spiro atoms. The Morgan fingerprint density at radius 2 is 2.06 bits per heavy atom. The Balaban J connectivity index is 3.01. The van der Waals surface area contributed by atoms with Crippen molar-refractivity contribution in [3.8, 4) is 0 Å². The molecule has 1 heterocycles. The maximum Gasteiger partial charge on any atom is 0.325 e. The lowest BCUT2D eigenvalue weighted by Gasteiger charge is -2.21. The second kappa shape index (κ2) is 5.04. The molecule has 0 aliphatic heterocycles. The smallest absolute Gasteiger partial charge is 0.325 e.